The molecule has 3 heterocycles. The average Bonchev–Trinajstić information content (AvgIpc) is 2.98. The van der Waals surface area contributed by atoms with Gasteiger partial charge in [-0.1, -0.05) is 12.1 Å². The van der Waals surface area contributed by atoms with Crippen molar-refractivity contribution in [1.82, 2.24) is 29.0 Å². The maximum absolute atomic E-state index is 15.6. The molecular weight excluding hydrogens is 485 g/mol. The number of hydrogen-bond donors (Lipinski definition) is 1. The molecule has 2 aliphatic heterocycles. The highest BCUT2D eigenvalue weighted by molar-refractivity contribution is 7.87. The van der Waals surface area contributed by atoms with Crippen molar-refractivity contribution >= 4 is 16.2 Å². The van der Waals surface area contributed by atoms with Gasteiger partial charge in [0.1, 0.15) is 11.9 Å². The van der Waals surface area contributed by atoms with Crippen LogP contribution in [0.1, 0.15) is 17.5 Å². The summed E-state index contributed by atoms with van der Waals surface area (Å²) in [5.41, 5.74) is 1.23. The van der Waals surface area contributed by atoms with Crippen LogP contribution in [0, 0.1) is 12.7 Å². The molecule has 2 amide bonds. The molecule has 0 aliphatic carbocycles. The predicted molar refractivity (Wildman–Crippen MR) is 122 cm³/mol. The Bertz CT molecular complexity index is 1220. The first-order valence-electron chi connectivity index (χ1n) is 11.1. The van der Waals surface area contributed by atoms with Crippen LogP contribution in [0.4, 0.5) is 18.0 Å². The molecule has 2 aromatic rings. The van der Waals surface area contributed by atoms with Gasteiger partial charge < -0.3 is 9.80 Å². The molecule has 0 bridgehead atoms. The second-order valence-corrected chi connectivity index (χ2v) is 11.0. The number of amides is 2. The Morgan fingerprint density at radius 1 is 1.29 bits per heavy atom. The molecule has 1 aromatic carbocycles. The minimum Gasteiger partial charge on any atom is -0.325 e. The van der Waals surface area contributed by atoms with Crippen LogP contribution in [-0.4, -0.2) is 90.5 Å². The number of nitrogens with one attached hydrogen (secondary N) is 1. The van der Waals surface area contributed by atoms with Crippen molar-refractivity contribution in [2.75, 3.05) is 33.7 Å². The van der Waals surface area contributed by atoms with E-state index >= 15 is 13.2 Å². The van der Waals surface area contributed by atoms with E-state index in [0.29, 0.717) is 13.1 Å². The zero-order chi connectivity index (χ0) is 25.5. The van der Waals surface area contributed by atoms with Crippen molar-refractivity contribution < 1.29 is 26.4 Å². The van der Waals surface area contributed by atoms with Crippen molar-refractivity contribution in [2.24, 2.45) is 0 Å². The first-order valence-corrected chi connectivity index (χ1v) is 12.5. The first kappa shape index (κ1) is 25.3. The number of hydrogen-bond acceptors (Lipinski definition) is 5. The molecular formula is C22H27F3N6O3S. The Morgan fingerprint density at radius 2 is 2.00 bits per heavy atom. The number of urea groups is 1. The fourth-order valence-corrected chi connectivity index (χ4v) is 5.08. The van der Waals surface area contributed by atoms with E-state index < -0.39 is 46.6 Å². The monoisotopic (exact) mass is 512 g/mol. The van der Waals surface area contributed by atoms with E-state index in [1.807, 2.05) is 4.72 Å². The number of rotatable bonds is 6. The van der Waals surface area contributed by atoms with Gasteiger partial charge in [-0.25, -0.2) is 18.0 Å². The molecule has 35 heavy (non-hydrogen) atoms. The lowest BCUT2D eigenvalue weighted by atomic mass is 9.96. The predicted octanol–water partition coefficient (Wildman–Crippen LogP) is 2.04. The molecule has 0 saturated carbocycles. The number of halogens is 3. The number of carbonyl (C=O) groups is 1. The third-order valence-corrected chi connectivity index (χ3v) is 7.84. The molecule has 0 radical (unpaired) electrons. The SMILES string of the molecule is Cc1cnnc(-c2cccc(C[C@H]3[C@@H](NS(=O)(=O)N(C)C)C(F)(F)CN3C(=O)N3CCC3)c2F)c1. The fraction of sp³-hybridized carbons (Fsp3) is 0.500. The van der Waals surface area contributed by atoms with E-state index in [4.69, 9.17) is 0 Å². The normalized spacial score (nSPS) is 21.9. The number of alkyl halides is 2. The Kier molecular flexibility index (Phi) is 6.77. The Balaban J connectivity index is 1.73. The molecule has 0 spiro atoms. The summed E-state index contributed by atoms with van der Waals surface area (Å²) in [6, 6.07) is 2.26. The van der Waals surface area contributed by atoms with Gasteiger partial charge in [-0.3, -0.25) is 0 Å². The van der Waals surface area contributed by atoms with E-state index in [-0.39, 0.29) is 23.2 Å². The number of benzene rings is 1. The molecule has 1 N–H and O–H groups in total. The molecule has 2 atom stereocenters. The molecule has 13 heteroatoms. The molecule has 2 saturated heterocycles. The molecule has 4 rings (SSSR count). The Hall–Kier alpha value is -2.77. The highest BCUT2D eigenvalue weighted by atomic mass is 32.2. The van der Waals surface area contributed by atoms with Crippen LogP contribution in [0.25, 0.3) is 11.3 Å². The summed E-state index contributed by atoms with van der Waals surface area (Å²) in [6.07, 6.45) is 1.95. The summed E-state index contributed by atoms with van der Waals surface area (Å²) in [7, 11) is -1.85. The number of carbonyl (C=O) groups excluding carboxylic acids is 1. The minimum absolute atomic E-state index is 0.0592. The van der Waals surface area contributed by atoms with E-state index in [2.05, 4.69) is 10.2 Å². The van der Waals surface area contributed by atoms with Crippen LogP contribution in [0.3, 0.4) is 0 Å². The van der Waals surface area contributed by atoms with E-state index in [9.17, 15) is 13.2 Å². The maximum atomic E-state index is 15.6. The van der Waals surface area contributed by atoms with Gasteiger partial charge >= 0.3 is 6.03 Å². The molecule has 1 aromatic heterocycles. The van der Waals surface area contributed by atoms with Gasteiger partial charge in [-0.15, -0.1) is 0 Å². The largest absolute Gasteiger partial charge is 0.325 e. The number of nitrogens with zero attached hydrogens (tertiary/aromatic N) is 5. The summed E-state index contributed by atoms with van der Waals surface area (Å²) < 4.78 is 73.7. The second kappa shape index (κ2) is 9.36. The third-order valence-electron chi connectivity index (χ3n) is 6.33. The smallest absolute Gasteiger partial charge is 0.320 e. The van der Waals surface area contributed by atoms with Crippen molar-refractivity contribution in [2.45, 2.75) is 37.8 Å². The lowest BCUT2D eigenvalue weighted by Crippen LogP contribution is -2.56. The Labute approximate surface area is 202 Å². The van der Waals surface area contributed by atoms with Crippen LogP contribution in [-0.2, 0) is 16.6 Å². The van der Waals surface area contributed by atoms with E-state index in [1.54, 1.807) is 19.1 Å². The van der Waals surface area contributed by atoms with Crippen LogP contribution >= 0.6 is 0 Å². The van der Waals surface area contributed by atoms with Crippen molar-refractivity contribution in [3.63, 3.8) is 0 Å². The van der Waals surface area contributed by atoms with Crippen LogP contribution in [0.15, 0.2) is 30.5 Å². The summed E-state index contributed by atoms with van der Waals surface area (Å²) in [6.45, 7) is 1.66. The van der Waals surface area contributed by atoms with Gasteiger partial charge in [0.25, 0.3) is 16.1 Å². The summed E-state index contributed by atoms with van der Waals surface area (Å²) in [5.74, 6) is -4.25. The van der Waals surface area contributed by atoms with Crippen LogP contribution in [0.2, 0.25) is 0 Å². The zero-order valence-electron chi connectivity index (χ0n) is 19.6. The molecule has 9 nitrogen and oxygen atoms in total. The quantitative estimate of drug-likeness (QED) is 0.639. The van der Waals surface area contributed by atoms with Crippen LogP contribution in [0.5, 0.6) is 0 Å². The average molecular weight is 513 g/mol. The summed E-state index contributed by atoms with van der Waals surface area (Å²) >= 11 is 0. The summed E-state index contributed by atoms with van der Waals surface area (Å²) in [4.78, 5) is 15.4. The van der Waals surface area contributed by atoms with Crippen molar-refractivity contribution in [1.29, 1.82) is 0 Å². The van der Waals surface area contributed by atoms with Gasteiger partial charge in [-0.05, 0) is 43.0 Å². The Morgan fingerprint density at radius 3 is 2.60 bits per heavy atom. The fourth-order valence-electron chi connectivity index (χ4n) is 4.22. The topological polar surface area (TPSA) is 98.7 Å². The maximum Gasteiger partial charge on any atom is 0.320 e. The standard InChI is InChI=1S/C22H27F3N6O3S/c1-14-10-17(27-26-12-14)16-7-4-6-15(19(16)23)11-18-20(28-35(33,34)29(2)3)22(24,25)13-31(18)21(32)30-8-5-9-30/h4,6-7,10,12,18,20,28H,5,8-9,11,13H2,1-3H3/t18-,20+/m0/s1. The van der Waals surface area contributed by atoms with E-state index in [0.717, 1.165) is 21.2 Å². The zero-order valence-corrected chi connectivity index (χ0v) is 20.4. The van der Waals surface area contributed by atoms with E-state index in [1.165, 1.54) is 37.3 Å². The highest BCUT2D eigenvalue weighted by Gasteiger charge is 2.58. The summed E-state index contributed by atoms with van der Waals surface area (Å²) in [5, 5.41) is 7.79. The van der Waals surface area contributed by atoms with Gasteiger partial charge in [0.2, 0.25) is 0 Å². The lowest BCUT2D eigenvalue weighted by Gasteiger charge is -2.37. The minimum atomic E-state index is -4.27. The van der Waals surface area contributed by atoms with Gasteiger partial charge in [0, 0.05) is 32.7 Å². The van der Waals surface area contributed by atoms with Gasteiger partial charge in [0.05, 0.1) is 24.5 Å². The second-order valence-electron chi connectivity index (χ2n) is 9.06. The first-order chi connectivity index (χ1) is 16.4. The number of aromatic nitrogens is 2. The molecule has 2 aliphatic rings. The van der Waals surface area contributed by atoms with Crippen molar-refractivity contribution in [3.8, 4) is 11.3 Å². The lowest BCUT2D eigenvalue weighted by molar-refractivity contribution is -0.00591. The molecule has 0 unspecified atom stereocenters. The van der Waals surface area contributed by atoms with Crippen molar-refractivity contribution in [3.05, 3.63) is 47.4 Å². The molecule has 190 valence electrons. The number of likely N-dealkylation sites (tertiary alicyclic amines) is 2. The number of aryl methyl sites for hydroxylation is 1. The highest BCUT2D eigenvalue weighted by Crippen LogP contribution is 2.37. The molecule has 2 fully saturated rings. The third kappa shape index (κ3) is 4.98. The van der Waals surface area contributed by atoms with Gasteiger partial charge in [-0.2, -0.15) is 27.6 Å². The van der Waals surface area contributed by atoms with Crippen LogP contribution < -0.4 is 4.72 Å². The van der Waals surface area contributed by atoms with Gasteiger partial charge in [0.15, 0.2) is 0 Å².